The molecule has 0 spiro atoms. The molecule has 0 aliphatic carbocycles. The Bertz CT molecular complexity index is 1220. The molecule has 166 valence electrons. The lowest BCUT2D eigenvalue weighted by Gasteiger charge is -2.14. The highest BCUT2D eigenvalue weighted by molar-refractivity contribution is 9.10. The van der Waals surface area contributed by atoms with E-state index in [2.05, 4.69) is 21.2 Å². The van der Waals surface area contributed by atoms with Crippen molar-refractivity contribution < 1.29 is 19.4 Å². The van der Waals surface area contributed by atoms with Crippen molar-refractivity contribution in [3.63, 3.8) is 0 Å². The zero-order chi connectivity index (χ0) is 23.8. The Labute approximate surface area is 200 Å². The number of benzene rings is 3. The third kappa shape index (κ3) is 6.55. The Balaban J connectivity index is 1.78. The zero-order valence-electron chi connectivity index (χ0n) is 17.8. The molecular weight excluding hydrogens is 484 g/mol. The first-order valence-corrected chi connectivity index (χ1v) is 10.9. The molecule has 1 atom stereocenters. The number of hydrogen-bond acceptors (Lipinski definition) is 4. The molecule has 33 heavy (non-hydrogen) atoms. The number of hydrogen-bond donors (Lipinski definition) is 2. The summed E-state index contributed by atoms with van der Waals surface area (Å²) in [6.07, 6.45) is 1.49. The van der Waals surface area contributed by atoms with Gasteiger partial charge in [0.15, 0.2) is 0 Å². The number of rotatable bonds is 8. The number of amides is 1. The summed E-state index contributed by atoms with van der Waals surface area (Å²) in [5, 5.41) is 21.5. The van der Waals surface area contributed by atoms with E-state index in [9.17, 15) is 14.9 Å². The SMILES string of the molecule is C[C@@H](NC(=O)/C(C#N)=C\c1cc(Br)ccc1OCc1ccc(C(=O)O)cc1)c1ccccc1. The molecule has 1 amide bonds. The van der Waals surface area contributed by atoms with Gasteiger partial charge in [0.1, 0.15) is 24.0 Å². The molecule has 0 saturated carbocycles. The van der Waals surface area contributed by atoms with Gasteiger partial charge < -0.3 is 15.2 Å². The molecule has 0 aromatic heterocycles. The number of halogens is 1. The molecule has 3 aromatic carbocycles. The number of carbonyl (C=O) groups is 2. The van der Waals surface area contributed by atoms with Gasteiger partial charge in [-0.3, -0.25) is 4.79 Å². The Kier molecular flexibility index (Phi) is 8.01. The predicted molar refractivity (Wildman–Crippen MR) is 128 cm³/mol. The Hall–Kier alpha value is -3.89. The second-order valence-corrected chi connectivity index (χ2v) is 8.16. The number of carbonyl (C=O) groups excluding carboxylic acids is 1. The van der Waals surface area contributed by atoms with Crippen molar-refractivity contribution in [1.82, 2.24) is 5.32 Å². The largest absolute Gasteiger partial charge is 0.488 e. The number of nitrogens with zero attached hydrogens (tertiary/aromatic N) is 1. The minimum Gasteiger partial charge on any atom is -0.488 e. The van der Waals surface area contributed by atoms with Crippen LogP contribution in [-0.4, -0.2) is 17.0 Å². The molecule has 0 unspecified atom stereocenters. The van der Waals surface area contributed by atoms with Crippen LogP contribution in [0.5, 0.6) is 5.75 Å². The average Bonchev–Trinajstić information content (AvgIpc) is 2.82. The number of aromatic carboxylic acids is 1. The highest BCUT2D eigenvalue weighted by Crippen LogP contribution is 2.27. The highest BCUT2D eigenvalue weighted by atomic mass is 79.9. The van der Waals surface area contributed by atoms with Crippen LogP contribution in [0, 0.1) is 11.3 Å². The lowest BCUT2D eigenvalue weighted by molar-refractivity contribution is -0.117. The van der Waals surface area contributed by atoms with Gasteiger partial charge in [0.2, 0.25) is 0 Å². The van der Waals surface area contributed by atoms with Gasteiger partial charge in [-0.05, 0) is 54.5 Å². The highest BCUT2D eigenvalue weighted by Gasteiger charge is 2.15. The number of nitriles is 1. The maximum atomic E-state index is 12.7. The van der Waals surface area contributed by atoms with Crippen LogP contribution < -0.4 is 10.1 Å². The van der Waals surface area contributed by atoms with Crippen LogP contribution in [0.1, 0.15) is 40.0 Å². The average molecular weight is 505 g/mol. The van der Waals surface area contributed by atoms with Gasteiger partial charge in [-0.15, -0.1) is 0 Å². The monoisotopic (exact) mass is 504 g/mol. The fraction of sp³-hybridized carbons (Fsp3) is 0.115. The molecule has 0 aliphatic heterocycles. The number of ether oxygens (including phenoxy) is 1. The first kappa shape index (κ1) is 23.8. The maximum Gasteiger partial charge on any atom is 0.335 e. The summed E-state index contributed by atoms with van der Waals surface area (Å²) in [6.45, 7) is 2.05. The summed E-state index contributed by atoms with van der Waals surface area (Å²) in [4.78, 5) is 23.7. The Morgan fingerprint density at radius 1 is 1.12 bits per heavy atom. The van der Waals surface area contributed by atoms with E-state index >= 15 is 0 Å². The number of carboxylic acids is 1. The summed E-state index contributed by atoms with van der Waals surface area (Å²) < 4.78 is 6.67. The van der Waals surface area contributed by atoms with Crippen LogP contribution in [0.15, 0.2) is 82.8 Å². The van der Waals surface area contributed by atoms with E-state index in [0.717, 1.165) is 15.6 Å². The molecule has 3 rings (SSSR count). The van der Waals surface area contributed by atoms with Gasteiger partial charge in [0.25, 0.3) is 5.91 Å². The molecule has 0 saturated heterocycles. The van der Waals surface area contributed by atoms with Crippen molar-refractivity contribution in [3.8, 4) is 11.8 Å². The molecule has 6 nitrogen and oxygen atoms in total. The van der Waals surface area contributed by atoms with Crippen molar-refractivity contribution >= 4 is 33.9 Å². The molecule has 3 aromatic rings. The van der Waals surface area contributed by atoms with Crippen LogP contribution in [0.4, 0.5) is 0 Å². The van der Waals surface area contributed by atoms with E-state index in [4.69, 9.17) is 9.84 Å². The van der Waals surface area contributed by atoms with E-state index < -0.39 is 11.9 Å². The first-order valence-electron chi connectivity index (χ1n) is 10.1. The Morgan fingerprint density at radius 3 is 2.45 bits per heavy atom. The second-order valence-electron chi connectivity index (χ2n) is 7.25. The van der Waals surface area contributed by atoms with E-state index in [0.29, 0.717) is 11.3 Å². The topological polar surface area (TPSA) is 99.4 Å². The fourth-order valence-corrected chi connectivity index (χ4v) is 3.45. The van der Waals surface area contributed by atoms with E-state index in [1.54, 1.807) is 30.3 Å². The lowest BCUT2D eigenvalue weighted by atomic mass is 10.1. The van der Waals surface area contributed by atoms with Gasteiger partial charge >= 0.3 is 5.97 Å². The van der Waals surface area contributed by atoms with Gasteiger partial charge in [-0.1, -0.05) is 58.4 Å². The van der Waals surface area contributed by atoms with Crippen molar-refractivity contribution in [2.75, 3.05) is 0 Å². The molecule has 0 bridgehead atoms. The smallest absolute Gasteiger partial charge is 0.335 e. The third-order valence-corrected chi connectivity index (χ3v) is 5.37. The standard InChI is InChI=1S/C26H21BrN2O4/c1-17(19-5-3-2-4-6-19)29-25(30)22(15-28)13-21-14-23(27)11-12-24(21)33-16-18-7-9-20(10-8-18)26(31)32/h2-14,17H,16H2,1H3,(H,29,30)(H,31,32)/b22-13-/t17-/m1/s1. The predicted octanol–water partition coefficient (Wildman–Crippen LogP) is 5.51. The van der Waals surface area contributed by atoms with Crippen LogP contribution in [0.2, 0.25) is 0 Å². The van der Waals surface area contributed by atoms with Crippen molar-refractivity contribution in [2.45, 2.75) is 19.6 Å². The van der Waals surface area contributed by atoms with Crippen molar-refractivity contribution in [1.29, 1.82) is 5.26 Å². The molecule has 7 heteroatoms. The van der Waals surface area contributed by atoms with Gasteiger partial charge in [0.05, 0.1) is 11.6 Å². The summed E-state index contributed by atoms with van der Waals surface area (Å²) >= 11 is 3.41. The van der Waals surface area contributed by atoms with E-state index in [1.165, 1.54) is 18.2 Å². The van der Waals surface area contributed by atoms with Crippen LogP contribution in [0.25, 0.3) is 6.08 Å². The minimum atomic E-state index is -0.994. The molecule has 2 N–H and O–H groups in total. The van der Waals surface area contributed by atoms with Crippen molar-refractivity contribution in [2.24, 2.45) is 0 Å². The Morgan fingerprint density at radius 2 is 1.82 bits per heavy atom. The molecule has 0 fully saturated rings. The van der Waals surface area contributed by atoms with E-state index in [-0.39, 0.29) is 23.8 Å². The van der Waals surface area contributed by atoms with Gasteiger partial charge in [0, 0.05) is 10.0 Å². The first-order chi connectivity index (χ1) is 15.9. The summed E-state index contributed by atoms with van der Waals surface area (Å²) in [5.41, 5.74) is 2.42. The molecule has 0 radical (unpaired) electrons. The fourth-order valence-electron chi connectivity index (χ4n) is 3.07. The quantitative estimate of drug-likeness (QED) is 0.311. The van der Waals surface area contributed by atoms with Crippen LogP contribution in [0.3, 0.4) is 0 Å². The van der Waals surface area contributed by atoms with Crippen LogP contribution >= 0.6 is 15.9 Å². The number of carboxylic acid groups (broad SMARTS) is 1. The number of nitrogens with one attached hydrogen (secondary N) is 1. The summed E-state index contributed by atoms with van der Waals surface area (Å²) in [6, 6.07) is 22.9. The minimum absolute atomic E-state index is 0.0495. The second kappa shape index (κ2) is 11.1. The zero-order valence-corrected chi connectivity index (χ0v) is 19.4. The molecule has 0 heterocycles. The molecule has 0 aliphatic rings. The van der Waals surface area contributed by atoms with Crippen molar-refractivity contribution in [3.05, 3.63) is 105 Å². The third-order valence-electron chi connectivity index (χ3n) is 4.88. The maximum absolute atomic E-state index is 12.7. The molecular formula is C26H21BrN2O4. The summed E-state index contributed by atoms with van der Waals surface area (Å²) in [7, 11) is 0. The lowest BCUT2D eigenvalue weighted by Crippen LogP contribution is -2.27. The van der Waals surface area contributed by atoms with Gasteiger partial charge in [-0.2, -0.15) is 5.26 Å². The summed E-state index contributed by atoms with van der Waals surface area (Å²) in [5.74, 6) is -0.993. The van der Waals surface area contributed by atoms with Gasteiger partial charge in [-0.25, -0.2) is 4.79 Å². The van der Waals surface area contributed by atoms with Crippen LogP contribution in [-0.2, 0) is 11.4 Å². The normalized spacial score (nSPS) is 11.8. The van der Waals surface area contributed by atoms with E-state index in [1.807, 2.05) is 43.3 Å².